The van der Waals surface area contributed by atoms with Crippen molar-refractivity contribution in [2.24, 2.45) is 0 Å². The number of aliphatic hydroxyl groups is 1. The molecular weight excluding hydrogens is 278 g/mol. The van der Waals surface area contributed by atoms with Gasteiger partial charge in [-0.3, -0.25) is 4.90 Å². The Morgan fingerprint density at radius 1 is 1.32 bits per heavy atom. The number of morpholine rings is 1. The molecule has 0 aliphatic carbocycles. The molecule has 5 nitrogen and oxygen atoms in total. The molecule has 0 amide bonds. The summed E-state index contributed by atoms with van der Waals surface area (Å²) in [5, 5.41) is 10.4. The van der Waals surface area contributed by atoms with Gasteiger partial charge in [0.2, 0.25) is 0 Å². The van der Waals surface area contributed by atoms with Crippen LogP contribution in [0.2, 0.25) is 0 Å². The lowest BCUT2D eigenvalue weighted by Gasteiger charge is -2.32. The molecule has 1 aromatic carbocycles. The van der Waals surface area contributed by atoms with Crippen LogP contribution in [0.25, 0.3) is 11.0 Å². The first-order chi connectivity index (χ1) is 10.5. The second-order valence-electron chi connectivity index (χ2n) is 6.42. The first-order valence-corrected chi connectivity index (χ1v) is 7.97. The molecule has 1 fully saturated rings. The molecule has 2 atom stereocenters. The van der Waals surface area contributed by atoms with Crippen molar-refractivity contribution in [2.45, 2.75) is 39.5 Å². The maximum Gasteiger partial charge on any atom is 0.0959 e. The van der Waals surface area contributed by atoms with E-state index in [-0.39, 0.29) is 6.10 Å². The maximum atomic E-state index is 10.4. The van der Waals surface area contributed by atoms with Gasteiger partial charge in [0.1, 0.15) is 0 Å². The van der Waals surface area contributed by atoms with Gasteiger partial charge in [0.05, 0.1) is 42.7 Å². The number of aliphatic hydroxyl groups excluding tert-OH is 1. The number of β-amino-alcohol motifs (C(OH)–C–C–N with tert-alkyl or cyclic N) is 1. The van der Waals surface area contributed by atoms with Gasteiger partial charge in [0.15, 0.2) is 0 Å². The Hall–Kier alpha value is -1.43. The van der Waals surface area contributed by atoms with Gasteiger partial charge in [-0.2, -0.15) is 0 Å². The van der Waals surface area contributed by atoms with Crippen molar-refractivity contribution < 1.29 is 9.84 Å². The number of aryl methyl sites for hydroxylation is 2. The minimum Gasteiger partial charge on any atom is -0.390 e. The van der Waals surface area contributed by atoms with Gasteiger partial charge in [-0.25, -0.2) is 4.98 Å². The predicted octanol–water partition coefficient (Wildman–Crippen LogP) is 1.73. The van der Waals surface area contributed by atoms with Crippen molar-refractivity contribution in [2.75, 3.05) is 26.2 Å². The molecule has 2 heterocycles. The topological polar surface area (TPSA) is 50.5 Å². The van der Waals surface area contributed by atoms with Crippen molar-refractivity contribution >= 4 is 11.0 Å². The van der Waals surface area contributed by atoms with Crippen molar-refractivity contribution in [1.82, 2.24) is 14.5 Å². The quantitative estimate of drug-likeness (QED) is 0.934. The second kappa shape index (κ2) is 6.36. The van der Waals surface area contributed by atoms with Crippen LogP contribution in [-0.2, 0) is 11.3 Å². The van der Waals surface area contributed by atoms with Crippen LogP contribution in [0.5, 0.6) is 0 Å². The summed E-state index contributed by atoms with van der Waals surface area (Å²) in [6.07, 6.45) is 1.68. The normalized spacial score (nSPS) is 21.4. The second-order valence-corrected chi connectivity index (χ2v) is 6.42. The fraction of sp³-hybridized carbons (Fsp3) is 0.588. The highest BCUT2D eigenvalue weighted by Gasteiger charge is 2.19. The largest absolute Gasteiger partial charge is 0.390 e. The molecule has 0 unspecified atom stereocenters. The van der Waals surface area contributed by atoms with Gasteiger partial charge in [0, 0.05) is 19.6 Å². The van der Waals surface area contributed by atoms with Crippen LogP contribution in [0.15, 0.2) is 18.5 Å². The van der Waals surface area contributed by atoms with Gasteiger partial charge >= 0.3 is 0 Å². The highest BCUT2D eigenvalue weighted by molar-refractivity contribution is 5.77. The first kappa shape index (κ1) is 15.5. The lowest BCUT2D eigenvalue weighted by atomic mass is 10.1. The van der Waals surface area contributed by atoms with Crippen LogP contribution in [0.3, 0.4) is 0 Å². The number of benzene rings is 1. The fourth-order valence-electron chi connectivity index (χ4n) is 3.10. The minimum atomic E-state index is -0.399. The Kier molecular flexibility index (Phi) is 4.47. The summed E-state index contributed by atoms with van der Waals surface area (Å²) < 4.78 is 7.59. The fourth-order valence-corrected chi connectivity index (χ4v) is 3.10. The Balaban J connectivity index is 1.68. The molecule has 0 spiro atoms. The van der Waals surface area contributed by atoms with Crippen molar-refractivity contribution in [3.8, 4) is 0 Å². The van der Waals surface area contributed by atoms with E-state index in [9.17, 15) is 5.11 Å². The van der Waals surface area contributed by atoms with Crippen LogP contribution in [0.1, 0.15) is 18.1 Å². The molecule has 22 heavy (non-hydrogen) atoms. The number of rotatable bonds is 4. The molecule has 5 heteroatoms. The van der Waals surface area contributed by atoms with Crippen LogP contribution >= 0.6 is 0 Å². The van der Waals surface area contributed by atoms with E-state index < -0.39 is 6.10 Å². The highest BCUT2D eigenvalue weighted by atomic mass is 16.5. The van der Waals surface area contributed by atoms with Gasteiger partial charge in [-0.05, 0) is 44.0 Å². The van der Waals surface area contributed by atoms with E-state index in [0.717, 1.165) is 30.7 Å². The third kappa shape index (κ3) is 3.32. The van der Waals surface area contributed by atoms with Crippen LogP contribution in [-0.4, -0.2) is 58.0 Å². The molecule has 1 N–H and O–H groups in total. The van der Waals surface area contributed by atoms with Gasteiger partial charge in [0.25, 0.3) is 0 Å². The highest BCUT2D eigenvalue weighted by Crippen LogP contribution is 2.19. The zero-order chi connectivity index (χ0) is 15.7. The molecule has 120 valence electrons. The molecule has 1 aliphatic heterocycles. The van der Waals surface area contributed by atoms with Crippen LogP contribution in [0.4, 0.5) is 0 Å². The number of hydrogen-bond donors (Lipinski definition) is 1. The standard InChI is InChI=1S/C17H25N3O2/c1-12-6-16-17(7-13(12)2)20(11-18-16)10-15(21)9-19-4-5-22-14(3)8-19/h6-7,11,14-15,21H,4-5,8-10H2,1-3H3/t14-,15-/m1/s1. The van der Waals surface area contributed by atoms with E-state index in [1.165, 1.54) is 11.1 Å². The van der Waals surface area contributed by atoms with E-state index in [4.69, 9.17) is 4.74 Å². The third-order valence-electron chi connectivity index (χ3n) is 4.44. The molecule has 1 aliphatic rings. The smallest absolute Gasteiger partial charge is 0.0959 e. The van der Waals surface area contributed by atoms with E-state index in [1.807, 2.05) is 6.33 Å². The summed E-state index contributed by atoms with van der Waals surface area (Å²) in [5.41, 5.74) is 4.60. The number of nitrogens with zero attached hydrogens (tertiary/aromatic N) is 3. The average molecular weight is 303 g/mol. The Labute approximate surface area is 131 Å². The third-order valence-corrected chi connectivity index (χ3v) is 4.44. The number of fused-ring (bicyclic) bond motifs is 1. The van der Waals surface area contributed by atoms with Crippen molar-refractivity contribution in [1.29, 1.82) is 0 Å². The van der Waals surface area contributed by atoms with Gasteiger partial charge in [-0.15, -0.1) is 0 Å². The number of imidazole rings is 1. The summed E-state index contributed by atoms with van der Waals surface area (Å²) in [4.78, 5) is 6.72. The molecule has 2 aromatic rings. The lowest BCUT2D eigenvalue weighted by molar-refractivity contribution is -0.0330. The summed E-state index contributed by atoms with van der Waals surface area (Å²) >= 11 is 0. The van der Waals surface area contributed by atoms with Crippen LogP contribution < -0.4 is 0 Å². The van der Waals surface area contributed by atoms with E-state index in [2.05, 4.69) is 47.4 Å². The zero-order valence-corrected chi connectivity index (χ0v) is 13.6. The van der Waals surface area contributed by atoms with Crippen molar-refractivity contribution in [3.05, 3.63) is 29.6 Å². The summed E-state index contributed by atoms with van der Waals surface area (Å²) in [7, 11) is 0. The maximum absolute atomic E-state index is 10.4. The van der Waals surface area contributed by atoms with Crippen LogP contribution in [0, 0.1) is 13.8 Å². The lowest BCUT2D eigenvalue weighted by Crippen LogP contribution is -2.45. The van der Waals surface area contributed by atoms with Crippen molar-refractivity contribution in [3.63, 3.8) is 0 Å². The average Bonchev–Trinajstić information content (AvgIpc) is 2.81. The van der Waals surface area contributed by atoms with E-state index in [1.54, 1.807) is 0 Å². The number of hydrogen-bond acceptors (Lipinski definition) is 4. The summed E-state index contributed by atoms with van der Waals surface area (Å²) in [6.45, 7) is 10.1. The Morgan fingerprint density at radius 3 is 2.86 bits per heavy atom. The summed E-state index contributed by atoms with van der Waals surface area (Å²) in [5.74, 6) is 0. The van der Waals surface area contributed by atoms with E-state index in [0.29, 0.717) is 13.1 Å². The molecular formula is C17H25N3O2. The number of aromatic nitrogens is 2. The minimum absolute atomic E-state index is 0.251. The first-order valence-electron chi connectivity index (χ1n) is 7.97. The molecule has 1 aromatic heterocycles. The van der Waals surface area contributed by atoms with Gasteiger partial charge < -0.3 is 14.4 Å². The van der Waals surface area contributed by atoms with E-state index >= 15 is 0 Å². The number of ether oxygens (including phenoxy) is 1. The monoisotopic (exact) mass is 303 g/mol. The summed E-state index contributed by atoms with van der Waals surface area (Å²) in [6, 6.07) is 4.26. The molecule has 1 saturated heterocycles. The molecule has 0 bridgehead atoms. The molecule has 0 saturated carbocycles. The van der Waals surface area contributed by atoms with Gasteiger partial charge in [-0.1, -0.05) is 0 Å². The molecule has 3 rings (SSSR count). The zero-order valence-electron chi connectivity index (χ0n) is 13.6. The Morgan fingerprint density at radius 2 is 2.09 bits per heavy atom. The Bertz CT molecular complexity index is 653. The predicted molar refractivity (Wildman–Crippen MR) is 87.1 cm³/mol. The molecule has 0 radical (unpaired) electrons. The SMILES string of the molecule is Cc1cc2ncn(C[C@H](O)CN3CCO[C@H](C)C3)c2cc1C.